The normalized spacial score (nSPS) is 10.8. The van der Waals surface area contributed by atoms with Crippen molar-refractivity contribution in [3.63, 3.8) is 0 Å². The van der Waals surface area contributed by atoms with E-state index in [2.05, 4.69) is 10.1 Å². The van der Waals surface area contributed by atoms with E-state index >= 15 is 0 Å². The van der Waals surface area contributed by atoms with E-state index in [1.807, 2.05) is 0 Å². The van der Waals surface area contributed by atoms with Gasteiger partial charge < -0.3 is 19.2 Å². The molecule has 0 aromatic carbocycles. The summed E-state index contributed by atoms with van der Waals surface area (Å²) in [6.07, 6.45) is 1.45. The molecule has 0 unspecified atom stereocenters. The van der Waals surface area contributed by atoms with E-state index in [-0.39, 0.29) is 18.3 Å². The number of aromatic nitrogens is 2. The molecule has 0 saturated carbocycles. The summed E-state index contributed by atoms with van der Waals surface area (Å²) < 4.78 is 10.0. The maximum absolute atomic E-state index is 10.7. The van der Waals surface area contributed by atoms with E-state index in [4.69, 9.17) is 19.2 Å². The molecule has 0 fully saturated rings. The molecule has 0 aliphatic heterocycles. The molecular weight excluding hydrogens is 270 g/mol. The van der Waals surface area contributed by atoms with Crippen molar-refractivity contribution in [2.24, 2.45) is 0 Å². The molecule has 2 rings (SSSR count). The summed E-state index contributed by atoms with van der Waals surface area (Å²) in [5, 5.41) is 21.1. The standard InChI is InChI=1S/C11H11N3O6/c15-9(16)5-14(6-10(17)18)4-8-12-11(13-20-8)7-2-1-3-19-7/h1-3H,4-6H2,(H,15,16)(H,17,18). The van der Waals surface area contributed by atoms with Crippen LogP contribution >= 0.6 is 0 Å². The van der Waals surface area contributed by atoms with Gasteiger partial charge in [0.1, 0.15) is 0 Å². The first-order valence-electron chi connectivity index (χ1n) is 5.57. The smallest absolute Gasteiger partial charge is 0.317 e. The van der Waals surface area contributed by atoms with Crippen molar-refractivity contribution in [2.45, 2.75) is 6.54 Å². The third-order valence-electron chi connectivity index (χ3n) is 2.29. The first kappa shape index (κ1) is 13.7. The van der Waals surface area contributed by atoms with Crippen LogP contribution in [0.3, 0.4) is 0 Å². The summed E-state index contributed by atoms with van der Waals surface area (Å²) in [5.41, 5.74) is 0. The second-order valence-electron chi connectivity index (χ2n) is 3.92. The van der Waals surface area contributed by atoms with Crippen molar-refractivity contribution >= 4 is 11.9 Å². The van der Waals surface area contributed by atoms with Gasteiger partial charge in [0.25, 0.3) is 0 Å². The van der Waals surface area contributed by atoms with Crippen LogP contribution in [0.1, 0.15) is 5.89 Å². The van der Waals surface area contributed by atoms with Crippen molar-refractivity contribution in [3.8, 4) is 11.6 Å². The molecule has 0 bridgehead atoms. The highest BCUT2D eigenvalue weighted by atomic mass is 16.5. The number of furan rings is 1. The first-order chi connectivity index (χ1) is 9.54. The number of rotatable bonds is 7. The van der Waals surface area contributed by atoms with Gasteiger partial charge in [-0.25, -0.2) is 0 Å². The van der Waals surface area contributed by atoms with Crippen LogP contribution in [-0.4, -0.2) is 50.3 Å². The number of carboxylic acid groups (broad SMARTS) is 2. The van der Waals surface area contributed by atoms with Crippen molar-refractivity contribution in [1.82, 2.24) is 15.0 Å². The molecule has 2 aromatic heterocycles. The monoisotopic (exact) mass is 281 g/mol. The van der Waals surface area contributed by atoms with E-state index < -0.39 is 25.0 Å². The van der Waals surface area contributed by atoms with Gasteiger partial charge in [-0.2, -0.15) is 4.98 Å². The fourth-order valence-electron chi connectivity index (χ4n) is 1.57. The van der Waals surface area contributed by atoms with Gasteiger partial charge in [-0.1, -0.05) is 5.16 Å². The summed E-state index contributed by atoms with van der Waals surface area (Å²) >= 11 is 0. The highest BCUT2D eigenvalue weighted by Crippen LogP contribution is 2.16. The van der Waals surface area contributed by atoms with Crippen molar-refractivity contribution in [2.75, 3.05) is 13.1 Å². The van der Waals surface area contributed by atoms with Crippen molar-refractivity contribution in [1.29, 1.82) is 0 Å². The van der Waals surface area contributed by atoms with Gasteiger partial charge in [0.15, 0.2) is 5.76 Å². The second-order valence-corrected chi connectivity index (χ2v) is 3.92. The van der Waals surface area contributed by atoms with Crippen LogP contribution in [0, 0.1) is 0 Å². The summed E-state index contributed by atoms with van der Waals surface area (Å²) in [7, 11) is 0. The largest absolute Gasteiger partial charge is 0.480 e. The van der Waals surface area contributed by atoms with Crippen LogP contribution in [0.5, 0.6) is 0 Å². The Kier molecular flexibility index (Phi) is 4.11. The van der Waals surface area contributed by atoms with Gasteiger partial charge in [0, 0.05) is 0 Å². The van der Waals surface area contributed by atoms with Gasteiger partial charge in [0.2, 0.25) is 11.7 Å². The van der Waals surface area contributed by atoms with Crippen LogP contribution < -0.4 is 0 Å². The predicted octanol–water partition coefficient (Wildman–Crippen LogP) is 0.301. The minimum absolute atomic E-state index is 0.0771. The number of carbonyl (C=O) groups is 2. The number of carboxylic acids is 2. The molecule has 2 aromatic rings. The lowest BCUT2D eigenvalue weighted by molar-refractivity contribution is -0.142. The van der Waals surface area contributed by atoms with Crippen molar-refractivity contribution in [3.05, 3.63) is 24.3 Å². The fraction of sp³-hybridized carbons (Fsp3) is 0.273. The fourth-order valence-corrected chi connectivity index (χ4v) is 1.57. The summed E-state index contributed by atoms with van der Waals surface area (Å²) in [4.78, 5) is 26.5. The van der Waals surface area contributed by atoms with E-state index in [1.54, 1.807) is 12.1 Å². The van der Waals surface area contributed by atoms with Gasteiger partial charge in [-0.05, 0) is 12.1 Å². The quantitative estimate of drug-likeness (QED) is 0.735. The molecule has 0 spiro atoms. The van der Waals surface area contributed by atoms with E-state index in [0.29, 0.717) is 5.76 Å². The second kappa shape index (κ2) is 5.97. The molecule has 0 aliphatic carbocycles. The van der Waals surface area contributed by atoms with Crippen molar-refractivity contribution < 1.29 is 28.7 Å². The van der Waals surface area contributed by atoms with Crippen LogP contribution in [-0.2, 0) is 16.1 Å². The van der Waals surface area contributed by atoms with E-state index in [9.17, 15) is 9.59 Å². The average molecular weight is 281 g/mol. The lowest BCUT2D eigenvalue weighted by Gasteiger charge is -2.14. The third-order valence-corrected chi connectivity index (χ3v) is 2.29. The Bertz CT molecular complexity index is 575. The molecule has 106 valence electrons. The zero-order valence-corrected chi connectivity index (χ0v) is 10.2. The molecule has 0 radical (unpaired) electrons. The zero-order chi connectivity index (χ0) is 14.5. The molecule has 9 nitrogen and oxygen atoms in total. The summed E-state index contributed by atoms with van der Waals surface area (Å²) in [6, 6.07) is 3.30. The number of hydrogen-bond donors (Lipinski definition) is 2. The van der Waals surface area contributed by atoms with Crippen LogP contribution in [0.4, 0.5) is 0 Å². The highest BCUT2D eigenvalue weighted by molar-refractivity contribution is 5.72. The number of aliphatic carboxylic acids is 2. The Morgan fingerprint density at radius 3 is 2.50 bits per heavy atom. The number of hydrogen-bond acceptors (Lipinski definition) is 7. The van der Waals surface area contributed by atoms with Gasteiger partial charge >= 0.3 is 11.9 Å². The van der Waals surface area contributed by atoms with Crippen LogP contribution in [0.15, 0.2) is 27.3 Å². The number of nitrogens with zero attached hydrogens (tertiary/aromatic N) is 3. The molecule has 0 atom stereocenters. The Hall–Kier alpha value is -2.68. The zero-order valence-electron chi connectivity index (χ0n) is 10.2. The van der Waals surface area contributed by atoms with Gasteiger partial charge in [-0.15, -0.1) is 0 Å². The Morgan fingerprint density at radius 1 is 1.25 bits per heavy atom. The van der Waals surface area contributed by atoms with Crippen LogP contribution in [0.2, 0.25) is 0 Å². The maximum Gasteiger partial charge on any atom is 0.317 e. The molecular formula is C11H11N3O6. The predicted molar refractivity (Wildman–Crippen MR) is 62.5 cm³/mol. The van der Waals surface area contributed by atoms with E-state index in [0.717, 1.165) is 4.90 Å². The van der Waals surface area contributed by atoms with E-state index in [1.165, 1.54) is 6.26 Å². The first-order valence-corrected chi connectivity index (χ1v) is 5.57. The third kappa shape index (κ3) is 3.65. The summed E-state index contributed by atoms with van der Waals surface area (Å²) in [6.45, 7) is -0.957. The SMILES string of the molecule is O=C(O)CN(CC(=O)O)Cc1nc(-c2ccco2)no1. The molecule has 20 heavy (non-hydrogen) atoms. The topological polar surface area (TPSA) is 130 Å². The lowest BCUT2D eigenvalue weighted by Crippen LogP contribution is -2.34. The lowest BCUT2D eigenvalue weighted by atomic mass is 10.4. The molecule has 9 heteroatoms. The van der Waals surface area contributed by atoms with Gasteiger partial charge in [0.05, 0.1) is 25.9 Å². The molecule has 0 saturated heterocycles. The molecule has 2 N–H and O–H groups in total. The Balaban J connectivity index is 2.06. The Morgan fingerprint density at radius 2 is 1.95 bits per heavy atom. The summed E-state index contributed by atoms with van der Waals surface area (Å²) in [5.74, 6) is -1.55. The molecule has 0 amide bonds. The van der Waals surface area contributed by atoms with Gasteiger partial charge in [-0.3, -0.25) is 14.5 Å². The minimum atomic E-state index is -1.14. The Labute approximate surface area is 112 Å². The minimum Gasteiger partial charge on any atom is -0.480 e. The maximum atomic E-state index is 10.7. The highest BCUT2D eigenvalue weighted by Gasteiger charge is 2.18. The average Bonchev–Trinajstić information content (AvgIpc) is 2.95. The van der Waals surface area contributed by atoms with Crippen LogP contribution in [0.25, 0.3) is 11.6 Å². The molecule has 0 aliphatic rings. The molecule has 2 heterocycles.